The van der Waals surface area contributed by atoms with Crippen LogP contribution in [-0.2, 0) is 29.9 Å². The Bertz CT molecular complexity index is 1260. The molecule has 1 aromatic carbocycles. The van der Waals surface area contributed by atoms with E-state index < -0.39 is 10.0 Å². The van der Waals surface area contributed by atoms with Crippen LogP contribution in [0.3, 0.4) is 0 Å². The number of piperidine rings is 1. The normalized spacial score (nSPS) is 17.6. The third-order valence-corrected chi connectivity index (χ3v) is 8.46. The first kappa shape index (κ1) is 22.1. The van der Waals surface area contributed by atoms with Gasteiger partial charge in [-0.2, -0.15) is 9.40 Å². The van der Waals surface area contributed by atoms with Gasteiger partial charge in [0.2, 0.25) is 5.95 Å². The van der Waals surface area contributed by atoms with Crippen molar-refractivity contribution >= 4 is 21.7 Å². The highest BCUT2D eigenvalue weighted by atomic mass is 32.2. The zero-order valence-electron chi connectivity index (χ0n) is 19.2. The van der Waals surface area contributed by atoms with Crippen LogP contribution in [0.5, 0.6) is 0 Å². The average molecular weight is 471 g/mol. The fraction of sp³-hybridized carbons (Fsp3) is 0.500. The van der Waals surface area contributed by atoms with E-state index in [2.05, 4.69) is 42.6 Å². The molecule has 10 nitrogen and oxygen atoms in total. The number of aryl methyl sites for hydroxylation is 2. The average Bonchev–Trinajstić information content (AvgIpc) is 3.55. The van der Waals surface area contributed by atoms with E-state index in [4.69, 9.17) is 0 Å². The van der Waals surface area contributed by atoms with Gasteiger partial charge in [-0.1, -0.05) is 12.1 Å². The molecule has 3 aromatic rings. The van der Waals surface area contributed by atoms with Gasteiger partial charge in [0.05, 0.1) is 11.9 Å². The van der Waals surface area contributed by atoms with Crippen LogP contribution in [0.15, 0.2) is 29.7 Å². The first-order valence-corrected chi connectivity index (χ1v) is 12.8. The molecule has 0 amide bonds. The van der Waals surface area contributed by atoms with E-state index in [1.165, 1.54) is 15.4 Å². The molecule has 1 fully saturated rings. The summed E-state index contributed by atoms with van der Waals surface area (Å²) in [7, 11) is 2.23. The number of benzene rings is 1. The molecule has 1 aliphatic heterocycles. The molecule has 0 bridgehead atoms. The lowest BCUT2D eigenvalue weighted by molar-refractivity contribution is 0.196. The second kappa shape index (κ2) is 8.54. The maximum atomic E-state index is 13.1. The molecule has 0 radical (unpaired) electrons. The number of hydrogen-bond acceptors (Lipinski definition) is 7. The van der Waals surface area contributed by atoms with E-state index in [1.807, 2.05) is 33.5 Å². The topological polar surface area (TPSA) is 112 Å². The lowest BCUT2D eigenvalue weighted by Crippen LogP contribution is -2.44. The zero-order valence-corrected chi connectivity index (χ0v) is 20.1. The summed E-state index contributed by atoms with van der Waals surface area (Å²) in [6.07, 6.45) is 8.50. The van der Waals surface area contributed by atoms with Crippen molar-refractivity contribution < 1.29 is 8.42 Å². The third kappa shape index (κ3) is 4.16. The lowest BCUT2D eigenvalue weighted by atomic mass is 9.99. The monoisotopic (exact) mass is 470 g/mol. The number of fused-ring (bicyclic) bond motifs is 1. The smallest absolute Gasteiger partial charge is 0.278 e. The van der Waals surface area contributed by atoms with Gasteiger partial charge in [-0.15, -0.1) is 10.2 Å². The second-order valence-electron chi connectivity index (χ2n) is 9.08. The molecule has 2 aromatic heterocycles. The summed E-state index contributed by atoms with van der Waals surface area (Å²) in [4.78, 5) is 5.07. The summed E-state index contributed by atoms with van der Waals surface area (Å²) in [5, 5.41) is 15.6. The van der Waals surface area contributed by atoms with Gasteiger partial charge in [-0.05, 0) is 57.3 Å². The van der Waals surface area contributed by atoms with E-state index in [0.717, 1.165) is 48.9 Å². The number of hydrogen-bond donors (Lipinski definition) is 2. The van der Waals surface area contributed by atoms with Crippen LogP contribution in [0.4, 0.5) is 11.6 Å². The summed E-state index contributed by atoms with van der Waals surface area (Å²) in [5.41, 5.74) is 5.48. The highest BCUT2D eigenvalue weighted by molar-refractivity contribution is 7.88. The molecule has 2 aliphatic rings. The Morgan fingerprint density at radius 3 is 2.64 bits per heavy atom. The molecular formula is C22H30N8O2S. The number of anilines is 2. The van der Waals surface area contributed by atoms with Crippen molar-refractivity contribution in [2.24, 2.45) is 7.05 Å². The first-order chi connectivity index (χ1) is 15.8. The Kier molecular flexibility index (Phi) is 5.71. The van der Waals surface area contributed by atoms with Gasteiger partial charge in [0.25, 0.3) is 15.2 Å². The second-order valence-corrected chi connectivity index (χ2v) is 10.9. The quantitative estimate of drug-likeness (QED) is 0.568. The van der Waals surface area contributed by atoms with Crippen LogP contribution in [0.25, 0.3) is 11.1 Å². The van der Waals surface area contributed by atoms with Gasteiger partial charge in [0, 0.05) is 43.5 Å². The molecule has 3 heterocycles. The SMILES string of the molecule is CN(C)C1CCN(S(=O)(=O)c2nnc(Nc3c(-c4cnn(C)c4)ccc4c3CCC4)[nH]2)CC1. The minimum absolute atomic E-state index is 0.121. The molecule has 1 saturated heterocycles. The Hall–Kier alpha value is -2.76. The minimum Gasteiger partial charge on any atom is -0.324 e. The highest BCUT2D eigenvalue weighted by Crippen LogP contribution is 2.38. The molecule has 33 heavy (non-hydrogen) atoms. The van der Waals surface area contributed by atoms with E-state index in [-0.39, 0.29) is 5.16 Å². The number of aromatic nitrogens is 5. The number of aromatic amines is 1. The fourth-order valence-electron chi connectivity index (χ4n) is 4.87. The highest BCUT2D eigenvalue weighted by Gasteiger charge is 2.32. The van der Waals surface area contributed by atoms with Gasteiger partial charge in [0.1, 0.15) is 0 Å². The van der Waals surface area contributed by atoms with Crippen LogP contribution in [0.1, 0.15) is 30.4 Å². The van der Waals surface area contributed by atoms with Crippen molar-refractivity contribution in [1.29, 1.82) is 0 Å². The van der Waals surface area contributed by atoms with E-state index >= 15 is 0 Å². The largest absolute Gasteiger partial charge is 0.324 e. The van der Waals surface area contributed by atoms with Crippen molar-refractivity contribution in [2.75, 3.05) is 32.5 Å². The van der Waals surface area contributed by atoms with Crippen molar-refractivity contribution in [2.45, 2.75) is 43.3 Å². The van der Waals surface area contributed by atoms with E-state index in [1.54, 1.807) is 4.68 Å². The van der Waals surface area contributed by atoms with Crippen molar-refractivity contribution in [3.05, 3.63) is 35.7 Å². The minimum atomic E-state index is -3.72. The summed E-state index contributed by atoms with van der Waals surface area (Å²) in [5.74, 6) is 0.321. The fourth-order valence-corrected chi connectivity index (χ4v) is 6.17. The Morgan fingerprint density at radius 1 is 1.15 bits per heavy atom. The predicted molar refractivity (Wildman–Crippen MR) is 126 cm³/mol. The van der Waals surface area contributed by atoms with Gasteiger partial charge in [0.15, 0.2) is 0 Å². The Balaban J connectivity index is 1.41. The molecule has 0 unspecified atom stereocenters. The number of sulfonamides is 1. The van der Waals surface area contributed by atoms with Crippen molar-refractivity contribution in [3.8, 4) is 11.1 Å². The maximum absolute atomic E-state index is 13.1. The molecule has 0 saturated carbocycles. The molecule has 176 valence electrons. The van der Waals surface area contributed by atoms with Crippen LogP contribution < -0.4 is 5.32 Å². The molecule has 0 atom stereocenters. The van der Waals surface area contributed by atoms with E-state index in [0.29, 0.717) is 25.1 Å². The van der Waals surface area contributed by atoms with E-state index in [9.17, 15) is 8.42 Å². The van der Waals surface area contributed by atoms with Crippen molar-refractivity contribution in [3.63, 3.8) is 0 Å². The van der Waals surface area contributed by atoms with Crippen molar-refractivity contribution in [1.82, 2.24) is 34.2 Å². The van der Waals surface area contributed by atoms with Crippen LogP contribution in [0, 0.1) is 0 Å². The summed E-state index contributed by atoms with van der Waals surface area (Å²) >= 11 is 0. The standard InChI is InChI=1S/C22H30N8O2S/c1-28(2)17-9-11-30(12-10-17)33(31,32)22-25-21(26-27-22)24-20-18-6-4-5-15(18)7-8-19(20)16-13-23-29(3)14-16/h7-8,13-14,17H,4-6,9-12H2,1-3H3,(H2,24,25,26,27). The maximum Gasteiger partial charge on any atom is 0.278 e. The summed E-state index contributed by atoms with van der Waals surface area (Å²) < 4.78 is 29.6. The number of rotatable bonds is 6. The molecular weight excluding hydrogens is 440 g/mol. The van der Waals surface area contributed by atoms with Gasteiger partial charge in [-0.25, -0.2) is 8.42 Å². The third-order valence-electron chi connectivity index (χ3n) is 6.75. The number of H-pyrrole nitrogens is 1. The van der Waals surface area contributed by atoms with Gasteiger partial charge in [-0.3, -0.25) is 9.67 Å². The Labute approximate surface area is 194 Å². The lowest BCUT2D eigenvalue weighted by Gasteiger charge is -2.33. The van der Waals surface area contributed by atoms with Crippen LogP contribution in [-0.4, -0.2) is 75.8 Å². The number of nitrogens with one attached hydrogen (secondary N) is 2. The van der Waals surface area contributed by atoms with Gasteiger partial charge >= 0.3 is 0 Å². The molecule has 5 rings (SSSR count). The molecule has 1 aliphatic carbocycles. The zero-order chi connectivity index (χ0) is 23.2. The summed E-state index contributed by atoms with van der Waals surface area (Å²) in [6, 6.07) is 4.66. The van der Waals surface area contributed by atoms with Crippen LogP contribution >= 0.6 is 0 Å². The first-order valence-electron chi connectivity index (χ1n) is 11.3. The van der Waals surface area contributed by atoms with Gasteiger partial charge < -0.3 is 10.2 Å². The Morgan fingerprint density at radius 2 is 1.94 bits per heavy atom. The molecule has 0 spiro atoms. The molecule has 11 heteroatoms. The van der Waals surface area contributed by atoms with Crippen LogP contribution in [0.2, 0.25) is 0 Å². The summed E-state index contributed by atoms with van der Waals surface area (Å²) in [6.45, 7) is 0.956. The number of nitrogens with zero attached hydrogens (tertiary/aromatic N) is 6. The molecule has 2 N–H and O–H groups in total. The predicted octanol–water partition coefficient (Wildman–Crippen LogP) is 2.15.